The number of halogens is 5. The maximum atomic E-state index is 13.5. The third-order valence-corrected chi connectivity index (χ3v) is 4.08. The minimum absolute atomic E-state index is 0.178. The molecule has 0 bridgehead atoms. The first-order valence-corrected chi connectivity index (χ1v) is 6.78. The van der Waals surface area contributed by atoms with Crippen molar-refractivity contribution in [2.45, 2.75) is 22.9 Å². The van der Waals surface area contributed by atoms with Crippen LogP contribution in [0.1, 0.15) is 11.1 Å². The zero-order valence-electron chi connectivity index (χ0n) is 10.3. The van der Waals surface area contributed by atoms with Crippen molar-refractivity contribution in [2.24, 2.45) is 0 Å². The Labute approximate surface area is 122 Å². The van der Waals surface area contributed by atoms with E-state index in [0.29, 0.717) is 9.92 Å². The highest BCUT2D eigenvalue weighted by atomic mass is 35.5. The van der Waals surface area contributed by atoms with Crippen molar-refractivity contribution in [1.82, 2.24) is 0 Å². The summed E-state index contributed by atoms with van der Waals surface area (Å²) in [6.07, 6.45) is -4.74. The van der Waals surface area contributed by atoms with E-state index in [9.17, 15) is 17.6 Å². The Morgan fingerprint density at radius 2 is 1.75 bits per heavy atom. The fourth-order valence-electron chi connectivity index (χ4n) is 1.67. The lowest BCUT2D eigenvalue weighted by molar-refractivity contribution is -0.142. The van der Waals surface area contributed by atoms with Crippen LogP contribution in [0.4, 0.5) is 17.6 Å². The molecule has 0 aliphatic rings. The molecule has 2 aromatic rings. The van der Waals surface area contributed by atoms with Gasteiger partial charge in [-0.1, -0.05) is 35.5 Å². The summed E-state index contributed by atoms with van der Waals surface area (Å²) < 4.78 is 52.2. The molecule has 0 radical (unpaired) electrons. The van der Waals surface area contributed by atoms with Crippen molar-refractivity contribution in [2.75, 3.05) is 0 Å². The summed E-state index contributed by atoms with van der Waals surface area (Å²) in [6, 6.07) is 8.22. The van der Waals surface area contributed by atoms with Crippen LogP contribution >= 0.6 is 23.4 Å². The van der Waals surface area contributed by atoms with Gasteiger partial charge >= 0.3 is 6.18 Å². The van der Waals surface area contributed by atoms with E-state index in [1.807, 2.05) is 0 Å². The summed E-state index contributed by atoms with van der Waals surface area (Å²) >= 11 is 6.69. The van der Waals surface area contributed by atoms with Gasteiger partial charge < -0.3 is 0 Å². The van der Waals surface area contributed by atoms with Crippen molar-refractivity contribution in [3.05, 3.63) is 58.4 Å². The Morgan fingerprint density at radius 3 is 2.40 bits per heavy atom. The molecule has 0 heterocycles. The molecule has 2 rings (SSSR count). The van der Waals surface area contributed by atoms with Gasteiger partial charge in [-0.05, 0) is 36.8 Å². The third kappa shape index (κ3) is 3.27. The molecule has 0 N–H and O–H groups in total. The van der Waals surface area contributed by atoms with Crippen LogP contribution in [0.25, 0.3) is 0 Å². The van der Waals surface area contributed by atoms with Crippen LogP contribution in [-0.2, 0) is 6.18 Å². The van der Waals surface area contributed by atoms with Gasteiger partial charge in [0.25, 0.3) is 0 Å². The van der Waals surface area contributed by atoms with Crippen LogP contribution in [0.5, 0.6) is 0 Å². The zero-order chi connectivity index (χ0) is 14.9. The Hall–Kier alpha value is -1.20. The van der Waals surface area contributed by atoms with Gasteiger partial charge in [0.2, 0.25) is 0 Å². The number of benzene rings is 2. The molecular formula is C14H9ClF4S. The Morgan fingerprint density at radius 1 is 1.05 bits per heavy atom. The van der Waals surface area contributed by atoms with Crippen LogP contribution in [0.2, 0.25) is 5.02 Å². The van der Waals surface area contributed by atoms with E-state index in [-0.39, 0.29) is 4.90 Å². The predicted octanol–water partition coefficient (Wildman–Crippen LogP) is 5.96. The average molecular weight is 321 g/mol. The molecule has 6 heteroatoms. The van der Waals surface area contributed by atoms with Crippen LogP contribution < -0.4 is 0 Å². The normalized spacial score (nSPS) is 11.7. The van der Waals surface area contributed by atoms with Crippen LogP contribution in [-0.4, -0.2) is 0 Å². The number of alkyl halides is 3. The summed E-state index contributed by atoms with van der Waals surface area (Å²) in [6.45, 7) is 1.76. The molecule has 20 heavy (non-hydrogen) atoms. The minimum atomic E-state index is -4.74. The highest BCUT2D eigenvalue weighted by Crippen LogP contribution is 2.42. The minimum Gasteiger partial charge on any atom is -0.206 e. The fourth-order valence-corrected chi connectivity index (χ4v) is 3.02. The van der Waals surface area contributed by atoms with E-state index in [1.165, 1.54) is 12.1 Å². The first kappa shape index (κ1) is 15.2. The SMILES string of the molecule is Cc1ccc(Cl)cc1Sc1cccc(F)c1C(F)(F)F. The molecule has 0 amide bonds. The lowest BCUT2D eigenvalue weighted by atomic mass is 10.2. The smallest absolute Gasteiger partial charge is 0.206 e. The van der Waals surface area contributed by atoms with Gasteiger partial charge in [0.15, 0.2) is 0 Å². The highest BCUT2D eigenvalue weighted by molar-refractivity contribution is 7.99. The largest absolute Gasteiger partial charge is 0.420 e. The van der Waals surface area contributed by atoms with Gasteiger partial charge in [-0.25, -0.2) is 4.39 Å². The fraction of sp³-hybridized carbons (Fsp3) is 0.143. The highest BCUT2D eigenvalue weighted by Gasteiger charge is 2.37. The van der Waals surface area contributed by atoms with Gasteiger partial charge in [0.1, 0.15) is 11.4 Å². The van der Waals surface area contributed by atoms with Crippen LogP contribution in [0.15, 0.2) is 46.2 Å². The quantitative estimate of drug-likeness (QED) is 0.615. The van der Waals surface area contributed by atoms with Gasteiger partial charge in [0.05, 0.1) is 0 Å². The second kappa shape index (κ2) is 5.66. The lowest BCUT2D eigenvalue weighted by Crippen LogP contribution is -2.09. The first-order valence-electron chi connectivity index (χ1n) is 5.59. The summed E-state index contributed by atoms with van der Waals surface area (Å²) in [5.74, 6) is -1.28. The van der Waals surface area contributed by atoms with Crippen LogP contribution in [0.3, 0.4) is 0 Å². The molecule has 0 atom stereocenters. The lowest BCUT2D eigenvalue weighted by Gasteiger charge is -2.14. The van der Waals surface area contributed by atoms with Crippen molar-refractivity contribution >= 4 is 23.4 Å². The third-order valence-electron chi connectivity index (χ3n) is 2.63. The second-order valence-electron chi connectivity index (χ2n) is 4.12. The van der Waals surface area contributed by atoms with Crippen molar-refractivity contribution in [3.63, 3.8) is 0 Å². The molecule has 0 spiro atoms. The number of hydrogen-bond donors (Lipinski definition) is 0. The van der Waals surface area contributed by atoms with E-state index >= 15 is 0 Å². The van der Waals surface area contributed by atoms with Gasteiger partial charge in [-0.15, -0.1) is 0 Å². The molecule has 0 saturated heterocycles. The van der Waals surface area contributed by atoms with E-state index < -0.39 is 17.6 Å². The van der Waals surface area contributed by atoms with E-state index in [0.717, 1.165) is 23.4 Å². The molecule has 2 aromatic carbocycles. The molecule has 0 saturated carbocycles. The Kier molecular flexibility index (Phi) is 4.30. The summed E-state index contributed by atoms with van der Waals surface area (Å²) in [7, 11) is 0. The number of rotatable bonds is 2. The van der Waals surface area contributed by atoms with Crippen molar-refractivity contribution < 1.29 is 17.6 Å². The summed E-state index contributed by atoms with van der Waals surface area (Å²) in [5, 5.41) is 0.420. The van der Waals surface area contributed by atoms with Crippen LogP contribution in [0, 0.1) is 12.7 Å². The zero-order valence-corrected chi connectivity index (χ0v) is 11.8. The van der Waals surface area contributed by atoms with E-state index in [2.05, 4.69) is 0 Å². The molecular weight excluding hydrogens is 312 g/mol. The van der Waals surface area contributed by atoms with Gasteiger partial charge in [-0.3, -0.25) is 0 Å². The standard InChI is InChI=1S/C14H9ClF4S/c1-8-5-6-9(15)7-12(8)20-11-4-2-3-10(16)13(11)14(17,18)19/h2-7H,1H3. The molecule has 106 valence electrons. The van der Waals surface area contributed by atoms with E-state index in [1.54, 1.807) is 25.1 Å². The van der Waals surface area contributed by atoms with E-state index in [4.69, 9.17) is 11.6 Å². The maximum absolute atomic E-state index is 13.5. The second-order valence-corrected chi connectivity index (χ2v) is 5.64. The number of hydrogen-bond acceptors (Lipinski definition) is 1. The molecule has 0 aliphatic carbocycles. The topological polar surface area (TPSA) is 0 Å². The molecule has 0 fully saturated rings. The molecule has 0 aromatic heterocycles. The Balaban J connectivity index is 2.49. The first-order chi connectivity index (χ1) is 9.29. The summed E-state index contributed by atoms with van der Waals surface area (Å²) in [5.41, 5.74) is -0.471. The monoisotopic (exact) mass is 320 g/mol. The van der Waals surface area contributed by atoms with Crippen molar-refractivity contribution in [3.8, 4) is 0 Å². The summed E-state index contributed by atoms with van der Waals surface area (Å²) in [4.78, 5) is 0.386. The maximum Gasteiger partial charge on any atom is 0.420 e. The molecule has 0 aliphatic heterocycles. The van der Waals surface area contributed by atoms with Crippen molar-refractivity contribution in [1.29, 1.82) is 0 Å². The molecule has 0 nitrogen and oxygen atoms in total. The molecule has 0 unspecified atom stereocenters. The average Bonchev–Trinajstić information content (AvgIpc) is 2.32. The van der Waals surface area contributed by atoms with Gasteiger partial charge in [0, 0.05) is 14.8 Å². The predicted molar refractivity (Wildman–Crippen MR) is 71.7 cm³/mol. The number of aryl methyl sites for hydroxylation is 1. The Bertz CT molecular complexity index is 638. The van der Waals surface area contributed by atoms with Gasteiger partial charge in [-0.2, -0.15) is 13.2 Å².